The van der Waals surface area contributed by atoms with E-state index in [9.17, 15) is 4.79 Å². The van der Waals surface area contributed by atoms with Crippen molar-refractivity contribution in [3.8, 4) is 0 Å². The SMILES string of the molecule is CC(O)C(=O)NCCc1ccccn1. The number of hydrogen-bond donors (Lipinski definition) is 2. The predicted molar refractivity (Wildman–Crippen MR) is 52.6 cm³/mol. The third-order valence-corrected chi connectivity index (χ3v) is 1.79. The number of rotatable bonds is 4. The van der Waals surface area contributed by atoms with Gasteiger partial charge >= 0.3 is 0 Å². The molecular weight excluding hydrogens is 180 g/mol. The van der Waals surface area contributed by atoms with Gasteiger partial charge in [-0.25, -0.2) is 0 Å². The molecule has 1 unspecified atom stereocenters. The maximum Gasteiger partial charge on any atom is 0.248 e. The molecule has 1 amide bonds. The predicted octanol–water partition coefficient (Wildman–Crippen LogP) is 0.121. The first-order chi connectivity index (χ1) is 6.70. The highest BCUT2D eigenvalue weighted by Crippen LogP contribution is 1.93. The van der Waals surface area contributed by atoms with Crippen LogP contribution in [0.15, 0.2) is 24.4 Å². The maximum absolute atomic E-state index is 11.0. The summed E-state index contributed by atoms with van der Waals surface area (Å²) in [5.74, 6) is -0.346. The van der Waals surface area contributed by atoms with Crippen molar-refractivity contribution in [1.82, 2.24) is 10.3 Å². The van der Waals surface area contributed by atoms with Crippen molar-refractivity contribution in [2.75, 3.05) is 6.54 Å². The zero-order valence-corrected chi connectivity index (χ0v) is 8.10. The second-order valence-corrected chi connectivity index (χ2v) is 3.04. The van der Waals surface area contributed by atoms with Crippen molar-refractivity contribution in [3.63, 3.8) is 0 Å². The van der Waals surface area contributed by atoms with Crippen LogP contribution >= 0.6 is 0 Å². The molecule has 1 rings (SSSR count). The van der Waals surface area contributed by atoms with Gasteiger partial charge in [0.15, 0.2) is 0 Å². The van der Waals surface area contributed by atoms with Crippen molar-refractivity contribution in [2.24, 2.45) is 0 Å². The molecule has 76 valence electrons. The normalized spacial score (nSPS) is 12.1. The Balaban J connectivity index is 2.26. The summed E-state index contributed by atoms with van der Waals surface area (Å²) in [6.45, 7) is 1.94. The van der Waals surface area contributed by atoms with Crippen LogP contribution in [0.4, 0.5) is 0 Å². The number of amides is 1. The van der Waals surface area contributed by atoms with Crippen LogP contribution in [0.5, 0.6) is 0 Å². The molecule has 0 aromatic carbocycles. The molecule has 1 heterocycles. The molecule has 4 nitrogen and oxygen atoms in total. The minimum absolute atomic E-state index is 0.346. The highest BCUT2D eigenvalue weighted by atomic mass is 16.3. The van der Waals surface area contributed by atoms with E-state index in [0.717, 1.165) is 5.69 Å². The average Bonchev–Trinajstić information content (AvgIpc) is 2.19. The van der Waals surface area contributed by atoms with Gasteiger partial charge in [0.1, 0.15) is 6.10 Å². The minimum Gasteiger partial charge on any atom is -0.384 e. The lowest BCUT2D eigenvalue weighted by molar-refractivity contribution is -0.128. The van der Waals surface area contributed by atoms with Gasteiger partial charge in [-0.15, -0.1) is 0 Å². The van der Waals surface area contributed by atoms with Gasteiger partial charge in [-0.05, 0) is 19.1 Å². The van der Waals surface area contributed by atoms with Crippen LogP contribution < -0.4 is 5.32 Å². The Kier molecular flexibility index (Phi) is 4.07. The van der Waals surface area contributed by atoms with Gasteiger partial charge in [0, 0.05) is 24.9 Å². The second-order valence-electron chi connectivity index (χ2n) is 3.04. The Bertz CT molecular complexity index is 285. The first-order valence-electron chi connectivity index (χ1n) is 4.56. The van der Waals surface area contributed by atoms with Crippen LogP contribution in [0.3, 0.4) is 0 Å². The molecule has 0 saturated heterocycles. The zero-order valence-electron chi connectivity index (χ0n) is 8.10. The topological polar surface area (TPSA) is 62.2 Å². The van der Waals surface area contributed by atoms with E-state index < -0.39 is 6.10 Å². The fourth-order valence-electron chi connectivity index (χ4n) is 1.01. The first-order valence-corrected chi connectivity index (χ1v) is 4.56. The summed E-state index contributed by atoms with van der Waals surface area (Å²) in [6, 6.07) is 5.64. The van der Waals surface area contributed by atoms with Gasteiger partial charge in [-0.1, -0.05) is 6.07 Å². The van der Waals surface area contributed by atoms with Crippen LogP contribution in [-0.2, 0) is 11.2 Å². The van der Waals surface area contributed by atoms with E-state index in [4.69, 9.17) is 5.11 Å². The van der Waals surface area contributed by atoms with Crippen LogP contribution in [0, 0.1) is 0 Å². The molecule has 0 radical (unpaired) electrons. The van der Waals surface area contributed by atoms with Gasteiger partial charge in [0.25, 0.3) is 0 Å². The Labute approximate surface area is 83.0 Å². The third-order valence-electron chi connectivity index (χ3n) is 1.79. The summed E-state index contributed by atoms with van der Waals surface area (Å²) in [6.07, 6.45) is 1.45. The van der Waals surface area contributed by atoms with E-state index in [1.54, 1.807) is 6.20 Å². The molecule has 0 aliphatic heterocycles. The monoisotopic (exact) mass is 194 g/mol. The minimum atomic E-state index is -0.946. The Morgan fingerprint density at radius 1 is 1.64 bits per heavy atom. The maximum atomic E-state index is 11.0. The standard InChI is InChI=1S/C10H14N2O2/c1-8(13)10(14)12-7-5-9-4-2-3-6-11-9/h2-4,6,8,13H,5,7H2,1H3,(H,12,14). The van der Waals surface area contributed by atoms with Crippen molar-refractivity contribution in [1.29, 1.82) is 0 Å². The molecule has 0 fully saturated rings. The smallest absolute Gasteiger partial charge is 0.248 e. The van der Waals surface area contributed by atoms with Crippen molar-refractivity contribution in [3.05, 3.63) is 30.1 Å². The fourth-order valence-corrected chi connectivity index (χ4v) is 1.01. The summed E-state index contributed by atoms with van der Waals surface area (Å²) in [5.41, 5.74) is 0.929. The van der Waals surface area contributed by atoms with E-state index in [1.807, 2.05) is 18.2 Å². The van der Waals surface area contributed by atoms with Crippen molar-refractivity contribution < 1.29 is 9.90 Å². The molecule has 1 aromatic rings. The molecule has 2 N–H and O–H groups in total. The molecule has 4 heteroatoms. The summed E-state index contributed by atoms with van der Waals surface area (Å²) >= 11 is 0. The molecule has 1 atom stereocenters. The lowest BCUT2D eigenvalue weighted by Gasteiger charge is -2.06. The largest absolute Gasteiger partial charge is 0.384 e. The molecule has 14 heavy (non-hydrogen) atoms. The average molecular weight is 194 g/mol. The van der Waals surface area contributed by atoms with Crippen molar-refractivity contribution >= 4 is 5.91 Å². The molecule has 0 spiro atoms. The van der Waals surface area contributed by atoms with E-state index >= 15 is 0 Å². The number of carbonyl (C=O) groups excluding carboxylic acids is 1. The Morgan fingerprint density at radius 2 is 2.43 bits per heavy atom. The fraction of sp³-hybridized carbons (Fsp3) is 0.400. The van der Waals surface area contributed by atoms with Crippen molar-refractivity contribution in [2.45, 2.75) is 19.4 Å². The number of nitrogens with one attached hydrogen (secondary N) is 1. The first kappa shape index (κ1) is 10.7. The van der Waals surface area contributed by atoms with Crippen LogP contribution in [0.25, 0.3) is 0 Å². The quantitative estimate of drug-likeness (QED) is 0.715. The molecule has 0 aliphatic carbocycles. The van der Waals surface area contributed by atoms with Gasteiger partial charge in [-0.3, -0.25) is 9.78 Å². The summed E-state index contributed by atoms with van der Waals surface area (Å²) in [5, 5.41) is 11.5. The van der Waals surface area contributed by atoms with Gasteiger partial charge in [0.2, 0.25) is 5.91 Å². The van der Waals surface area contributed by atoms with Crippen LogP contribution in [-0.4, -0.2) is 28.6 Å². The zero-order chi connectivity index (χ0) is 10.4. The molecular formula is C10H14N2O2. The third kappa shape index (κ3) is 3.53. The molecule has 1 aromatic heterocycles. The second kappa shape index (κ2) is 5.34. The van der Waals surface area contributed by atoms with E-state index in [1.165, 1.54) is 6.92 Å². The number of aliphatic hydroxyl groups excluding tert-OH is 1. The van der Waals surface area contributed by atoms with Crippen LogP contribution in [0.2, 0.25) is 0 Å². The highest BCUT2D eigenvalue weighted by Gasteiger charge is 2.06. The summed E-state index contributed by atoms with van der Waals surface area (Å²) in [4.78, 5) is 15.1. The van der Waals surface area contributed by atoms with Gasteiger partial charge in [-0.2, -0.15) is 0 Å². The van der Waals surface area contributed by atoms with Gasteiger partial charge < -0.3 is 10.4 Å². The number of nitrogens with zero attached hydrogens (tertiary/aromatic N) is 1. The molecule has 0 saturated carbocycles. The summed E-state index contributed by atoms with van der Waals surface area (Å²) in [7, 11) is 0. The van der Waals surface area contributed by atoms with E-state index in [-0.39, 0.29) is 5.91 Å². The lowest BCUT2D eigenvalue weighted by Crippen LogP contribution is -2.33. The Morgan fingerprint density at radius 3 is 3.00 bits per heavy atom. The summed E-state index contributed by atoms with van der Waals surface area (Å²) < 4.78 is 0. The number of aliphatic hydroxyl groups is 1. The lowest BCUT2D eigenvalue weighted by atomic mass is 10.2. The molecule has 0 aliphatic rings. The molecule has 0 bridgehead atoms. The van der Waals surface area contributed by atoms with Gasteiger partial charge in [0.05, 0.1) is 0 Å². The van der Waals surface area contributed by atoms with Crippen LogP contribution in [0.1, 0.15) is 12.6 Å². The number of pyridine rings is 1. The number of aromatic nitrogens is 1. The van der Waals surface area contributed by atoms with E-state index in [0.29, 0.717) is 13.0 Å². The number of hydrogen-bond acceptors (Lipinski definition) is 3. The highest BCUT2D eigenvalue weighted by molar-refractivity contribution is 5.79. The van der Waals surface area contributed by atoms with E-state index in [2.05, 4.69) is 10.3 Å². The number of carbonyl (C=O) groups is 1. The Hall–Kier alpha value is -1.42.